The molecule has 0 spiro atoms. The van der Waals surface area contributed by atoms with Crippen molar-refractivity contribution in [3.05, 3.63) is 162 Å². The number of anilines is 2. The van der Waals surface area contributed by atoms with Crippen LogP contribution in [0.5, 0.6) is 0 Å². The van der Waals surface area contributed by atoms with Gasteiger partial charge in [0.25, 0.3) is 0 Å². The second-order valence-electron chi connectivity index (χ2n) is 12.3. The first-order valence-corrected chi connectivity index (χ1v) is 15.4. The Bertz CT molecular complexity index is 2440. The van der Waals surface area contributed by atoms with E-state index in [1.54, 1.807) is 0 Å². The van der Waals surface area contributed by atoms with Crippen molar-refractivity contribution >= 4 is 44.0 Å². The first-order valence-electron chi connectivity index (χ1n) is 15.4. The number of rotatable bonds is 2. The molecule has 7 aromatic carbocycles. The molecule has 0 radical (unpaired) electrons. The van der Waals surface area contributed by atoms with Gasteiger partial charge in [-0.3, -0.25) is 0 Å². The summed E-state index contributed by atoms with van der Waals surface area (Å²) in [5.74, 6) is 0. The number of nitrogens with zero attached hydrogens (tertiary/aromatic N) is 1. The minimum Gasteiger partial charge on any atom is -0.355 e. The molecule has 0 amide bonds. The monoisotopic (exact) mass is 560 g/mol. The second kappa shape index (κ2) is 8.49. The standard InChI is InChI=1S/C42H28N2/c1-42-34-20-5-2-12-28(34)33-19-10-22-36(41(33)42)43-35-21-9-18-32(40(35)42)27-15-8-17-29-26(27)16-11-25-39(29)44-37-23-6-3-13-30(37)31-14-4-7-24-38(31)44/h2-25,43H,1H3. The van der Waals surface area contributed by atoms with Crippen molar-refractivity contribution in [2.45, 2.75) is 12.3 Å². The predicted octanol–water partition coefficient (Wildman–Crippen LogP) is 11.0. The summed E-state index contributed by atoms with van der Waals surface area (Å²) in [7, 11) is 0. The summed E-state index contributed by atoms with van der Waals surface area (Å²) >= 11 is 0. The molecular weight excluding hydrogens is 532 g/mol. The molecule has 2 heteroatoms. The summed E-state index contributed by atoms with van der Waals surface area (Å²) in [4.78, 5) is 0. The molecule has 0 fully saturated rings. The lowest BCUT2D eigenvalue weighted by molar-refractivity contribution is 0.712. The fourth-order valence-electron chi connectivity index (χ4n) is 8.44. The summed E-state index contributed by atoms with van der Waals surface area (Å²) in [5, 5.41) is 8.90. The Balaban J connectivity index is 1.27. The normalized spacial score (nSPS) is 16.1. The molecule has 0 saturated carbocycles. The topological polar surface area (TPSA) is 17.0 Å². The van der Waals surface area contributed by atoms with E-state index >= 15 is 0 Å². The fraction of sp³-hybridized carbons (Fsp3) is 0.0476. The van der Waals surface area contributed by atoms with Crippen LogP contribution in [0, 0.1) is 0 Å². The van der Waals surface area contributed by atoms with E-state index in [-0.39, 0.29) is 5.41 Å². The van der Waals surface area contributed by atoms with Crippen molar-refractivity contribution < 1.29 is 0 Å². The average Bonchev–Trinajstić information content (AvgIpc) is 3.55. The Kier molecular flexibility index (Phi) is 4.61. The summed E-state index contributed by atoms with van der Waals surface area (Å²) < 4.78 is 2.44. The van der Waals surface area contributed by atoms with Crippen LogP contribution in [0.25, 0.3) is 60.5 Å². The van der Waals surface area contributed by atoms with Gasteiger partial charge in [0.1, 0.15) is 0 Å². The van der Waals surface area contributed by atoms with Gasteiger partial charge < -0.3 is 9.88 Å². The van der Waals surface area contributed by atoms with Gasteiger partial charge in [0, 0.05) is 32.9 Å². The molecule has 44 heavy (non-hydrogen) atoms. The number of para-hydroxylation sites is 2. The third-order valence-electron chi connectivity index (χ3n) is 10.2. The van der Waals surface area contributed by atoms with Crippen molar-refractivity contribution in [2.75, 3.05) is 5.32 Å². The average molecular weight is 561 g/mol. The highest BCUT2D eigenvalue weighted by molar-refractivity contribution is 6.12. The van der Waals surface area contributed by atoms with Gasteiger partial charge in [0.2, 0.25) is 0 Å². The van der Waals surface area contributed by atoms with Gasteiger partial charge in [0.15, 0.2) is 0 Å². The minimum absolute atomic E-state index is 0.272. The van der Waals surface area contributed by atoms with Gasteiger partial charge in [-0.15, -0.1) is 0 Å². The lowest BCUT2D eigenvalue weighted by atomic mass is 9.68. The van der Waals surface area contributed by atoms with Crippen LogP contribution in [-0.2, 0) is 5.41 Å². The Morgan fingerprint density at radius 2 is 0.932 bits per heavy atom. The summed E-state index contributed by atoms with van der Waals surface area (Å²) in [6, 6.07) is 53.6. The predicted molar refractivity (Wildman–Crippen MR) is 184 cm³/mol. The highest BCUT2D eigenvalue weighted by Crippen LogP contribution is 2.61. The van der Waals surface area contributed by atoms with Crippen LogP contribution in [0.15, 0.2) is 146 Å². The van der Waals surface area contributed by atoms with Gasteiger partial charge >= 0.3 is 0 Å². The molecule has 2 nitrogen and oxygen atoms in total. The largest absolute Gasteiger partial charge is 0.355 e. The molecule has 1 atom stereocenters. The van der Waals surface area contributed by atoms with Crippen molar-refractivity contribution in [2.24, 2.45) is 0 Å². The Hall–Kier alpha value is -5.60. The van der Waals surface area contributed by atoms with Gasteiger partial charge in [-0.1, -0.05) is 115 Å². The van der Waals surface area contributed by atoms with Crippen molar-refractivity contribution in [1.29, 1.82) is 0 Å². The highest BCUT2D eigenvalue weighted by Gasteiger charge is 2.47. The van der Waals surface area contributed by atoms with E-state index in [4.69, 9.17) is 0 Å². The zero-order chi connectivity index (χ0) is 29.0. The Morgan fingerprint density at radius 1 is 0.432 bits per heavy atom. The van der Waals surface area contributed by atoms with E-state index in [9.17, 15) is 0 Å². The van der Waals surface area contributed by atoms with Crippen LogP contribution in [0.2, 0.25) is 0 Å². The quantitative estimate of drug-likeness (QED) is 0.222. The van der Waals surface area contributed by atoms with E-state index in [0.29, 0.717) is 0 Å². The van der Waals surface area contributed by atoms with Crippen LogP contribution >= 0.6 is 0 Å². The number of benzene rings is 7. The molecular formula is C42H28N2. The molecule has 0 bridgehead atoms. The van der Waals surface area contributed by atoms with E-state index in [1.807, 2.05) is 0 Å². The summed E-state index contributed by atoms with van der Waals surface area (Å²) in [6.07, 6.45) is 0. The first kappa shape index (κ1) is 23.9. The van der Waals surface area contributed by atoms with Gasteiger partial charge in [-0.2, -0.15) is 0 Å². The Labute approximate surface area is 255 Å². The summed E-state index contributed by atoms with van der Waals surface area (Å²) in [6.45, 7) is 2.43. The van der Waals surface area contributed by atoms with Crippen LogP contribution in [0.4, 0.5) is 11.4 Å². The summed E-state index contributed by atoms with van der Waals surface area (Å²) in [5.41, 5.74) is 15.1. The highest BCUT2D eigenvalue weighted by atomic mass is 15.0. The number of hydrogen-bond acceptors (Lipinski definition) is 1. The van der Waals surface area contributed by atoms with Crippen LogP contribution < -0.4 is 5.32 Å². The SMILES string of the molecule is CC12c3ccccc3-c3cccc(c31)Nc1cccc(-c3cccc4c(-n5c6ccccc6c6ccccc65)cccc34)c12. The molecule has 1 aliphatic carbocycles. The molecule has 1 unspecified atom stereocenters. The smallest absolute Gasteiger partial charge is 0.0541 e. The maximum atomic E-state index is 3.84. The molecule has 1 N–H and O–H groups in total. The van der Waals surface area contributed by atoms with E-state index in [2.05, 4.69) is 162 Å². The van der Waals surface area contributed by atoms with Crippen molar-refractivity contribution in [3.63, 3.8) is 0 Å². The van der Waals surface area contributed by atoms with E-state index < -0.39 is 0 Å². The van der Waals surface area contributed by atoms with Crippen LogP contribution in [0.3, 0.4) is 0 Å². The zero-order valence-electron chi connectivity index (χ0n) is 24.3. The molecule has 206 valence electrons. The second-order valence-corrected chi connectivity index (χ2v) is 12.3. The molecule has 2 heterocycles. The number of aromatic nitrogens is 1. The lowest BCUT2D eigenvalue weighted by Gasteiger charge is -2.38. The third-order valence-corrected chi connectivity index (χ3v) is 10.2. The minimum atomic E-state index is -0.272. The molecule has 0 saturated heterocycles. The number of hydrogen-bond donors (Lipinski definition) is 1. The van der Waals surface area contributed by atoms with Crippen molar-refractivity contribution in [3.8, 4) is 27.9 Å². The molecule has 2 aliphatic rings. The fourth-order valence-corrected chi connectivity index (χ4v) is 8.44. The third kappa shape index (κ3) is 2.90. The molecule has 8 aromatic rings. The van der Waals surface area contributed by atoms with Crippen molar-refractivity contribution in [1.82, 2.24) is 4.57 Å². The molecule has 10 rings (SSSR count). The van der Waals surface area contributed by atoms with Gasteiger partial charge in [-0.25, -0.2) is 0 Å². The van der Waals surface area contributed by atoms with Crippen LogP contribution in [-0.4, -0.2) is 4.57 Å². The number of nitrogens with one attached hydrogen (secondary N) is 1. The van der Waals surface area contributed by atoms with Gasteiger partial charge in [-0.05, 0) is 81.6 Å². The maximum absolute atomic E-state index is 3.84. The lowest BCUT2D eigenvalue weighted by Crippen LogP contribution is -2.29. The first-order chi connectivity index (χ1) is 21.7. The molecule has 1 aromatic heterocycles. The Morgan fingerprint density at radius 3 is 1.66 bits per heavy atom. The van der Waals surface area contributed by atoms with E-state index in [1.165, 1.54) is 88.6 Å². The maximum Gasteiger partial charge on any atom is 0.0541 e. The van der Waals surface area contributed by atoms with Crippen LogP contribution in [0.1, 0.15) is 23.6 Å². The van der Waals surface area contributed by atoms with Gasteiger partial charge in [0.05, 0.1) is 16.7 Å². The zero-order valence-corrected chi connectivity index (χ0v) is 24.3. The molecule has 1 aliphatic heterocycles. The number of fused-ring (bicyclic) bond motifs is 9. The van der Waals surface area contributed by atoms with E-state index in [0.717, 1.165) is 0 Å².